The van der Waals surface area contributed by atoms with Gasteiger partial charge in [0, 0.05) is 18.8 Å². The number of nitrogens with zero attached hydrogens (tertiary/aromatic N) is 1. The van der Waals surface area contributed by atoms with Gasteiger partial charge in [-0.1, -0.05) is 18.6 Å². The Bertz CT molecular complexity index is 925. The van der Waals surface area contributed by atoms with Crippen molar-refractivity contribution in [2.75, 3.05) is 18.4 Å². The number of amides is 1. The van der Waals surface area contributed by atoms with Gasteiger partial charge in [0.05, 0.1) is 4.90 Å². The molecule has 1 saturated heterocycles. The van der Waals surface area contributed by atoms with E-state index in [4.69, 9.17) is 4.74 Å². The normalized spacial score (nSPS) is 16.4. The van der Waals surface area contributed by atoms with Crippen molar-refractivity contribution < 1.29 is 22.3 Å². The molecule has 28 heavy (non-hydrogen) atoms. The van der Waals surface area contributed by atoms with E-state index >= 15 is 0 Å². The molecule has 1 fully saturated rings. The van der Waals surface area contributed by atoms with E-state index in [9.17, 15) is 17.6 Å². The summed E-state index contributed by atoms with van der Waals surface area (Å²) < 4.78 is 45.8. The van der Waals surface area contributed by atoms with E-state index in [0.717, 1.165) is 19.3 Å². The lowest BCUT2D eigenvalue weighted by Gasteiger charge is -2.25. The predicted molar refractivity (Wildman–Crippen MR) is 104 cm³/mol. The van der Waals surface area contributed by atoms with Crippen molar-refractivity contribution in [2.45, 2.75) is 37.2 Å². The zero-order chi connectivity index (χ0) is 20.1. The highest BCUT2D eigenvalue weighted by molar-refractivity contribution is 7.89. The molecule has 0 unspecified atom stereocenters. The minimum atomic E-state index is -3.51. The number of hydrogen-bond acceptors (Lipinski definition) is 4. The van der Waals surface area contributed by atoms with E-state index in [0.29, 0.717) is 18.8 Å². The second-order valence-corrected chi connectivity index (χ2v) is 8.61. The maximum absolute atomic E-state index is 13.6. The van der Waals surface area contributed by atoms with Crippen LogP contribution in [0.25, 0.3) is 0 Å². The molecule has 0 radical (unpaired) electrons. The molecule has 150 valence electrons. The van der Waals surface area contributed by atoms with E-state index in [1.54, 1.807) is 6.07 Å². The van der Waals surface area contributed by atoms with Gasteiger partial charge in [-0.2, -0.15) is 4.31 Å². The Balaban J connectivity index is 1.63. The number of anilines is 1. The molecule has 2 aromatic carbocycles. The first-order valence-corrected chi connectivity index (χ1v) is 10.6. The van der Waals surface area contributed by atoms with Gasteiger partial charge in [-0.05, 0) is 56.2 Å². The zero-order valence-electron chi connectivity index (χ0n) is 15.6. The number of nitrogens with one attached hydrogen (secondary N) is 1. The first-order valence-electron chi connectivity index (χ1n) is 9.20. The molecule has 1 N–H and O–H groups in total. The fourth-order valence-corrected chi connectivity index (χ4v) is 4.51. The van der Waals surface area contributed by atoms with Crippen LogP contribution in [-0.4, -0.2) is 37.8 Å². The molecule has 1 aliphatic rings. The first-order chi connectivity index (χ1) is 13.4. The van der Waals surface area contributed by atoms with Crippen LogP contribution in [0, 0.1) is 5.82 Å². The van der Waals surface area contributed by atoms with Crippen molar-refractivity contribution in [3.63, 3.8) is 0 Å². The van der Waals surface area contributed by atoms with Crippen LogP contribution in [0.3, 0.4) is 0 Å². The smallest absolute Gasteiger partial charge is 0.265 e. The highest BCUT2D eigenvalue weighted by Gasteiger charge is 2.26. The topological polar surface area (TPSA) is 75.7 Å². The third kappa shape index (κ3) is 4.69. The summed E-state index contributed by atoms with van der Waals surface area (Å²) in [6.45, 7) is 2.58. The van der Waals surface area contributed by atoms with E-state index in [-0.39, 0.29) is 10.6 Å². The monoisotopic (exact) mass is 406 g/mol. The number of halogens is 1. The number of carbonyl (C=O) groups is 1. The van der Waals surface area contributed by atoms with E-state index < -0.39 is 27.9 Å². The molecule has 1 atom stereocenters. The Morgan fingerprint density at radius 2 is 1.71 bits per heavy atom. The van der Waals surface area contributed by atoms with Gasteiger partial charge in [0.25, 0.3) is 5.91 Å². The van der Waals surface area contributed by atoms with E-state index in [2.05, 4.69) is 5.32 Å². The minimum Gasteiger partial charge on any atom is -0.478 e. The molecule has 0 spiro atoms. The third-order valence-corrected chi connectivity index (χ3v) is 6.50. The van der Waals surface area contributed by atoms with Gasteiger partial charge in [0.1, 0.15) is 0 Å². The highest BCUT2D eigenvalue weighted by Crippen LogP contribution is 2.22. The summed E-state index contributed by atoms with van der Waals surface area (Å²) in [5.41, 5.74) is 0.437. The van der Waals surface area contributed by atoms with Crippen molar-refractivity contribution in [1.29, 1.82) is 0 Å². The summed E-state index contributed by atoms with van der Waals surface area (Å²) in [7, 11) is -3.51. The maximum atomic E-state index is 13.6. The summed E-state index contributed by atoms with van der Waals surface area (Å²) in [6.07, 6.45) is 1.86. The molecule has 1 heterocycles. The molecule has 1 amide bonds. The van der Waals surface area contributed by atoms with Crippen molar-refractivity contribution in [1.82, 2.24) is 4.31 Å². The largest absolute Gasteiger partial charge is 0.478 e. The van der Waals surface area contributed by atoms with Gasteiger partial charge in [-0.25, -0.2) is 12.8 Å². The number of carbonyl (C=O) groups excluding carboxylic acids is 1. The molecule has 8 heteroatoms. The van der Waals surface area contributed by atoms with E-state index in [1.165, 1.54) is 53.7 Å². The lowest BCUT2D eigenvalue weighted by Crippen LogP contribution is -2.35. The summed E-state index contributed by atoms with van der Waals surface area (Å²) in [5.74, 6) is -1.02. The number of sulfonamides is 1. The number of piperidine rings is 1. The molecular weight excluding hydrogens is 383 g/mol. The highest BCUT2D eigenvalue weighted by atomic mass is 32.2. The second-order valence-electron chi connectivity index (χ2n) is 6.67. The minimum absolute atomic E-state index is 0.00637. The van der Waals surface area contributed by atoms with Crippen molar-refractivity contribution in [3.05, 3.63) is 54.3 Å². The fraction of sp³-hybridized carbons (Fsp3) is 0.350. The Labute approximate surface area is 164 Å². The summed E-state index contributed by atoms with van der Waals surface area (Å²) in [4.78, 5) is 12.5. The number of para-hydroxylation sites is 1. The van der Waals surface area contributed by atoms with Crippen LogP contribution in [0.1, 0.15) is 26.2 Å². The maximum Gasteiger partial charge on any atom is 0.265 e. The third-order valence-electron chi connectivity index (χ3n) is 4.58. The summed E-state index contributed by atoms with van der Waals surface area (Å²) in [5, 5.41) is 2.64. The fourth-order valence-electron chi connectivity index (χ4n) is 2.99. The molecule has 0 aliphatic carbocycles. The van der Waals surface area contributed by atoms with Crippen LogP contribution in [0.4, 0.5) is 10.1 Å². The Hall–Kier alpha value is -2.45. The van der Waals surface area contributed by atoms with Gasteiger partial charge >= 0.3 is 0 Å². The Kier molecular flexibility index (Phi) is 6.31. The molecule has 0 bridgehead atoms. The summed E-state index contributed by atoms with van der Waals surface area (Å²) >= 11 is 0. The second kappa shape index (κ2) is 8.70. The van der Waals surface area contributed by atoms with Crippen LogP contribution in [0.2, 0.25) is 0 Å². The lowest BCUT2D eigenvalue weighted by atomic mass is 10.2. The molecule has 3 rings (SSSR count). The number of hydrogen-bond donors (Lipinski definition) is 1. The van der Waals surface area contributed by atoms with Crippen molar-refractivity contribution in [2.24, 2.45) is 0 Å². The van der Waals surface area contributed by atoms with Gasteiger partial charge in [0.15, 0.2) is 17.7 Å². The number of benzene rings is 2. The van der Waals surface area contributed by atoms with E-state index in [1.807, 2.05) is 0 Å². The standard InChI is InChI=1S/C20H23FN2O4S/c1-15(27-19-8-4-3-7-18(19)21)20(24)22-16-9-11-17(12-10-16)28(25,26)23-13-5-2-6-14-23/h3-4,7-12,15H,2,5-6,13-14H2,1H3,(H,22,24)/t15-/m1/s1. The Morgan fingerprint density at radius 1 is 1.07 bits per heavy atom. The van der Waals surface area contributed by atoms with Crippen LogP contribution < -0.4 is 10.1 Å². The summed E-state index contributed by atoms with van der Waals surface area (Å²) in [6, 6.07) is 11.9. The predicted octanol–water partition coefficient (Wildman–Crippen LogP) is 3.41. The van der Waals surface area contributed by atoms with Gasteiger partial charge in [-0.3, -0.25) is 4.79 Å². The molecule has 6 nitrogen and oxygen atoms in total. The molecule has 0 saturated carbocycles. The average Bonchev–Trinajstić information content (AvgIpc) is 2.70. The zero-order valence-corrected chi connectivity index (χ0v) is 16.4. The lowest BCUT2D eigenvalue weighted by molar-refractivity contribution is -0.122. The molecule has 0 aromatic heterocycles. The average molecular weight is 406 g/mol. The first kappa shape index (κ1) is 20.3. The van der Waals surface area contributed by atoms with Crippen LogP contribution in [0.15, 0.2) is 53.4 Å². The van der Waals surface area contributed by atoms with Crippen molar-refractivity contribution in [3.8, 4) is 5.75 Å². The van der Waals surface area contributed by atoms with Gasteiger partial charge < -0.3 is 10.1 Å². The van der Waals surface area contributed by atoms with Gasteiger partial charge in [-0.15, -0.1) is 0 Å². The Morgan fingerprint density at radius 3 is 2.36 bits per heavy atom. The molecular formula is C20H23FN2O4S. The quantitative estimate of drug-likeness (QED) is 0.798. The molecule has 1 aliphatic heterocycles. The van der Waals surface area contributed by atoms with Crippen molar-refractivity contribution >= 4 is 21.6 Å². The molecule has 2 aromatic rings. The van der Waals surface area contributed by atoms with Crippen LogP contribution in [-0.2, 0) is 14.8 Å². The van der Waals surface area contributed by atoms with Crippen LogP contribution >= 0.6 is 0 Å². The van der Waals surface area contributed by atoms with Gasteiger partial charge in [0.2, 0.25) is 10.0 Å². The van der Waals surface area contributed by atoms with Crippen LogP contribution in [0.5, 0.6) is 5.75 Å². The SMILES string of the molecule is C[C@@H](Oc1ccccc1F)C(=O)Nc1ccc(S(=O)(=O)N2CCCCC2)cc1. The number of rotatable bonds is 6. The number of ether oxygens (including phenoxy) is 1.